The van der Waals surface area contributed by atoms with Crippen molar-refractivity contribution in [2.24, 2.45) is 5.16 Å². The molecule has 0 bridgehead atoms. The Hall–Kier alpha value is -1.51. The molecule has 3 heteroatoms. The molecule has 0 saturated heterocycles. The summed E-state index contributed by atoms with van der Waals surface area (Å²) in [6.07, 6.45) is 1.70. The van der Waals surface area contributed by atoms with Crippen LogP contribution in [0.25, 0.3) is 0 Å². The molecule has 1 aliphatic carbocycles. The van der Waals surface area contributed by atoms with E-state index in [1.165, 1.54) is 0 Å². The fourth-order valence-corrected chi connectivity index (χ4v) is 1.77. The second kappa shape index (κ2) is 3.09. The number of ether oxygens (including phenoxy) is 1. The number of nitrogens with zero attached hydrogens (tertiary/aromatic N) is 1. The molecule has 2 rings (SSSR count). The first-order chi connectivity index (χ1) is 6.36. The Balaban J connectivity index is 2.55. The van der Waals surface area contributed by atoms with Crippen LogP contribution in [0, 0.1) is 0 Å². The maximum Gasteiger partial charge on any atom is 0.122 e. The van der Waals surface area contributed by atoms with Crippen LogP contribution in [0.1, 0.15) is 17.5 Å². The van der Waals surface area contributed by atoms with Crippen LogP contribution in [0.15, 0.2) is 23.4 Å². The number of benzene rings is 1. The predicted molar refractivity (Wildman–Crippen MR) is 49.6 cm³/mol. The summed E-state index contributed by atoms with van der Waals surface area (Å²) in [7, 11) is 1.66. The van der Waals surface area contributed by atoms with E-state index in [4.69, 9.17) is 9.94 Å². The third-order valence-electron chi connectivity index (χ3n) is 2.40. The van der Waals surface area contributed by atoms with Gasteiger partial charge in [0.2, 0.25) is 0 Å². The molecular weight excluding hydrogens is 166 g/mol. The molecule has 0 fully saturated rings. The Morgan fingerprint density at radius 2 is 2.23 bits per heavy atom. The van der Waals surface area contributed by atoms with E-state index in [2.05, 4.69) is 5.16 Å². The maximum atomic E-state index is 8.72. The van der Waals surface area contributed by atoms with Crippen LogP contribution >= 0.6 is 0 Å². The molecule has 0 spiro atoms. The van der Waals surface area contributed by atoms with Gasteiger partial charge in [-0.2, -0.15) is 0 Å². The lowest BCUT2D eigenvalue weighted by Gasteiger charge is -2.05. The van der Waals surface area contributed by atoms with Crippen LogP contribution in [0.3, 0.4) is 0 Å². The minimum absolute atomic E-state index is 0.758. The minimum atomic E-state index is 0.758. The second-order valence-corrected chi connectivity index (χ2v) is 3.03. The fraction of sp³-hybridized carbons (Fsp3) is 0.300. The molecule has 68 valence electrons. The smallest absolute Gasteiger partial charge is 0.122 e. The number of hydrogen-bond donors (Lipinski definition) is 1. The third-order valence-corrected chi connectivity index (χ3v) is 2.40. The first-order valence-corrected chi connectivity index (χ1v) is 4.24. The molecule has 0 aromatic heterocycles. The molecule has 1 aromatic rings. The first kappa shape index (κ1) is 8.10. The van der Waals surface area contributed by atoms with Gasteiger partial charge in [-0.3, -0.25) is 0 Å². The van der Waals surface area contributed by atoms with Gasteiger partial charge >= 0.3 is 0 Å². The Labute approximate surface area is 76.6 Å². The van der Waals surface area contributed by atoms with E-state index in [9.17, 15) is 0 Å². The molecule has 0 amide bonds. The summed E-state index contributed by atoms with van der Waals surface area (Å²) in [6, 6.07) is 5.80. The van der Waals surface area contributed by atoms with E-state index < -0.39 is 0 Å². The zero-order chi connectivity index (χ0) is 9.26. The molecule has 0 aliphatic heterocycles. The van der Waals surface area contributed by atoms with E-state index in [0.717, 1.165) is 35.4 Å². The van der Waals surface area contributed by atoms with Gasteiger partial charge < -0.3 is 9.94 Å². The van der Waals surface area contributed by atoms with Crippen LogP contribution in [0.5, 0.6) is 5.75 Å². The molecule has 0 heterocycles. The van der Waals surface area contributed by atoms with E-state index in [1.54, 1.807) is 7.11 Å². The van der Waals surface area contributed by atoms with Crippen molar-refractivity contribution in [2.75, 3.05) is 7.11 Å². The van der Waals surface area contributed by atoms with Crippen LogP contribution in [-0.4, -0.2) is 18.0 Å². The Morgan fingerprint density at radius 1 is 1.38 bits per heavy atom. The number of hydrogen-bond acceptors (Lipinski definition) is 3. The summed E-state index contributed by atoms with van der Waals surface area (Å²) in [4.78, 5) is 0. The molecule has 0 radical (unpaired) electrons. The molecule has 0 saturated carbocycles. The normalized spacial score (nSPS) is 17.5. The molecule has 0 unspecified atom stereocenters. The van der Waals surface area contributed by atoms with Gasteiger partial charge in [-0.15, -0.1) is 0 Å². The van der Waals surface area contributed by atoms with Gasteiger partial charge in [0, 0.05) is 11.1 Å². The molecule has 1 aliphatic rings. The molecule has 1 aromatic carbocycles. The quantitative estimate of drug-likeness (QED) is 0.525. The van der Waals surface area contributed by atoms with Crippen molar-refractivity contribution >= 4 is 5.71 Å². The minimum Gasteiger partial charge on any atom is -0.496 e. The largest absolute Gasteiger partial charge is 0.496 e. The van der Waals surface area contributed by atoms with Crippen molar-refractivity contribution in [1.29, 1.82) is 0 Å². The van der Waals surface area contributed by atoms with Crippen molar-refractivity contribution in [3.8, 4) is 5.75 Å². The van der Waals surface area contributed by atoms with Gasteiger partial charge in [-0.05, 0) is 18.9 Å². The Kier molecular flexibility index (Phi) is 1.93. The highest BCUT2D eigenvalue weighted by Gasteiger charge is 2.20. The van der Waals surface area contributed by atoms with Gasteiger partial charge in [0.05, 0.1) is 12.8 Å². The second-order valence-electron chi connectivity index (χ2n) is 3.03. The van der Waals surface area contributed by atoms with Gasteiger partial charge in [0.1, 0.15) is 5.75 Å². The summed E-state index contributed by atoms with van der Waals surface area (Å²) in [6.45, 7) is 0. The monoisotopic (exact) mass is 177 g/mol. The van der Waals surface area contributed by atoms with Gasteiger partial charge in [-0.1, -0.05) is 17.3 Å². The van der Waals surface area contributed by atoms with E-state index in [1.807, 2.05) is 18.2 Å². The van der Waals surface area contributed by atoms with Crippen molar-refractivity contribution < 1.29 is 9.94 Å². The van der Waals surface area contributed by atoms with Crippen LogP contribution in [0.2, 0.25) is 0 Å². The first-order valence-electron chi connectivity index (χ1n) is 4.24. The highest BCUT2D eigenvalue weighted by molar-refractivity contribution is 6.04. The molecule has 13 heavy (non-hydrogen) atoms. The zero-order valence-electron chi connectivity index (χ0n) is 7.45. The SMILES string of the molecule is COc1cccc2c1CC/C2=N/O. The Bertz CT molecular complexity index is 358. The zero-order valence-corrected chi connectivity index (χ0v) is 7.45. The Morgan fingerprint density at radius 3 is 2.92 bits per heavy atom. The molecule has 3 nitrogen and oxygen atoms in total. The van der Waals surface area contributed by atoms with Gasteiger partial charge in [0.25, 0.3) is 0 Å². The van der Waals surface area contributed by atoms with E-state index >= 15 is 0 Å². The van der Waals surface area contributed by atoms with E-state index in [0.29, 0.717) is 0 Å². The number of oxime groups is 1. The maximum absolute atomic E-state index is 8.72. The summed E-state index contributed by atoms with van der Waals surface area (Å²) >= 11 is 0. The predicted octanol–water partition coefficient (Wildman–Crippen LogP) is 1.82. The molecule has 1 N–H and O–H groups in total. The highest BCUT2D eigenvalue weighted by atomic mass is 16.5. The fourth-order valence-electron chi connectivity index (χ4n) is 1.77. The van der Waals surface area contributed by atoms with Crippen molar-refractivity contribution in [2.45, 2.75) is 12.8 Å². The van der Waals surface area contributed by atoms with Crippen molar-refractivity contribution in [1.82, 2.24) is 0 Å². The van der Waals surface area contributed by atoms with Crippen LogP contribution < -0.4 is 4.74 Å². The average Bonchev–Trinajstić information content (AvgIpc) is 2.60. The van der Waals surface area contributed by atoms with Crippen LogP contribution in [-0.2, 0) is 6.42 Å². The number of rotatable bonds is 1. The molecule has 0 atom stereocenters. The van der Waals surface area contributed by atoms with Crippen molar-refractivity contribution in [3.05, 3.63) is 29.3 Å². The summed E-state index contributed by atoms with van der Waals surface area (Å²) in [5, 5.41) is 12.0. The lowest BCUT2D eigenvalue weighted by Crippen LogP contribution is -1.94. The average molecular weight is 177 g/mol. The standard InChI is InChI=1S/C10H11NO2/c1-13-10-4-2-3-7-8(10)5-6-9(7)11-12/h2-4,12H,5-6H2,1H3/b11-9-. The van der Waals surface area contributed by atoms with Crippen molar-refractivity contribution in [3.63, 3.8) is 0 Å². The summed E-state index contributed by atoms with van der Waals surface area (Å²) < 4.78 is 5.21. The topological polar surface area (TPSA) is 41.8 Å². The molecular formula is C10H11NO2. The lowest BCUT2D eigenvalue weighted by molar-refractivity contribution is 0.318. The van der Waals surface area contributed by atoms with Gasteiger partial charge in [0.15, 0.2) is 0 Å². The summed E-state index contributed by atoms with van der Waals surface area (Å²) in [5.41, 5.74) is 2.92. The van der Waals surface area contributed by atoms with E-state index in [-0.39, 0.29) is 0 Å². The summed E-state index contributed by atoms with van der Waals surface area (Å²) in [5.74, 6) is 0.885. The number of fused-ring (bicyclic) bond motifs is 1. The third kappa shape index (κ3) is 1.16. The van der Waals surface area contributed by atoms with Gasteiger partial charge in [-0.25, -0.2) is 0 Å². The number of methoxy groups -OCH3 is 1. The highest BCUT2D eigenvalue weighted by Crippen LogP contribution is 2.30. The van der Waals surface area contributed by atoms with Crippen LogP contribution in [0.4, 0.5) is 0 Å². The lowest BCUT2D eigenvalue weighted by atomic mass is 10.1.